The number of rotatable bonds is 3. The highest BCUT2D eigenvalue weighted by Gasteiger charge is 2.10. The molecule has 2 nitrogen and oxygen atoms in total. The van der Waals surface area contributed by atoms with E-state index in [1.54, 1.807) is 18.2 Å². The van der Waals surface area contributed by atoms with Crippen LogP contribution in [0.25, 0.3) is 0 Å². The van der Waals surface area contributed by atoms with Crippen LogP contribution < -0.4 is 4.74 Å². The normalized spacial score (nSPS) is 11.6. The zero-order chi connectivity index (χ0) is 13.0. The third kappa shape index (κ3) is 2.82. The molecule has 0 radical (unpaired) electrons. The fourth-order valence-electron chi connectivity index (χ4n) is 1.67. The molecule has 0 aliphatic carbocycles. The predicted octanol–water partition coefficient (Wildman–Crippen LogP) is 4.35. The molecule has 90 valence electrons. The Labute approximate surface area is 111 Å². The molecule has 0 amide bonds. The number of ether oxygens (including phenoxy) is 1. The topological polar surface area (TPSA) is 33.0 Å². The van der Waals surface area contributed by atoms with Crippen LogP contribution >= 0.6 is 11.6 Å². The zero-order valence-corrected chi connectivity index (χ0v) is 10.7. The first kappa shape index (κ1) is 12.5. The lowest BCUT2D eigenvalue weighted by Crippen LogP contribution is -2.03. The van der Waals surface area contributed by atoms with E-state index in [0.717, 1.165) is 5.56 Å². The molecular formula is C15H12ClNO. The molecule has 0 saturated carbocycles. The third-order valence-electron chi connectivity index (χ3n) is 2.63. The predicted molar refractivity (Wildman–Crippen MR) is 71.7 cm³/mol. The van der Waals surface area contributed by atoms with Crippen molar-refractivity contribution < 1.29 is 4.74 Å². The summed E-state index contributed by atoms with van der Waals surface area (Å²) in [5.41, 5.74) is 1.52. The van der Waals surface area contributed by atoms with Gasteiger partial charge < -0.3 is 4.74 Å². The van der Waals surface area contributed by atoms with Gasteiger partial charge in [-0.25, -0.2) is 0 Å². The molecule has 0 heterocycles. The summed E-state index contributed by atoms with van der Waals surface area (Å²) in [6, 6.07) is 17.0. The Kier molecular flexibility index (Phi) is 3.86. The lowest BCUT2D eigenvalue weighted by Gasteiger charge is -2.16. The van der Waals surface area contributed by atoms with Gasteiger partial charge in [0.15, 0.2) is 0 Å². The van der Waals surface area contributed by atoms with E-state index < -0.39 is 0 Å². The maximum Gasteiger partial charge on any atom is 0.138 e. The van der Waals surface area contributed by atoms with Crippen molar-refractivity contribution in [3.63, 3.8) is 0 Å². The summed E-state index contributed by atoms with van der Waals surface area (Å²) < 4.78 is 5.80. The van der Waals surface area contributed by atoms with Gasteiger partial charge in [-0.15, -0.1) is 0 Å². The summed E-state index contributed by atoms with van der Waals surface area (Å²) in [6.07, 6.45) is -0.112. The van der Waals surface area contributed by atoms with E-state index in [2.05, 4.69) is 6.07 Å². The van der Waals surface area contributed by atoms with Crippen molar-refractivity contribution in [3.8, 4) is 11.8 Å². The number of hydrogen-bond donors (Lipinski definition) is 0. The van der Waals surface area contributed by atoms with Crippen molar-refractivity contribution in [2.24, 2.45) is 0 Å². The van der Waals surface area contributed by atoms with Crippen molar-refractivity contribution >= 4 is 11.6 Å². The average Bonchev–Trinajstić information content (AvgIpc) is 2.41. The second kappa shape index (κ2) is 5.57. The molecule has 18 heavy (non-hydrogen) atoms. The summed E-state index contributed by atoms with van der Waals surface area (Å²) in [5.74, 6) is 0.554. The Morgan fingerprint density at radius 2 is 1.89 bits per heavy atom. The minimum Gasteiger partial charge on any atom is -0.485 e. The Morgan fingerprint density at radius 1 is 1.17 bits per heavy atom. The summed E-state index contributed by atoms with van der Waals surface area (Å²) in [7, 11) is 0. The van der Waals surface area contributed by atoms with Gasteiger partial charge in [0.1, 0.15) is 17.9 Å². The fourth-order valence-corrected chi connectivity index (χ4v) is 1.85. The van der Waals surface area contributed by atoms with Crippen LogP contribution in [0.3, 0.4) is 0 Å². The van der Waals surface area contributed by atoms with Gasteiger partial charge in [-0.1, -0.05) is 41.9 Å². The molecular weight excluding hydrogens is 246 g/mol. The Morgan fingerprint density at radius 3 is 2.56 bits per heavy atom. The summed E-state index contributed by atoms with van der Waals surface area (Å²) in [5, 5.41) is 9.57. The highest BCUT2D eigenvalue weighted by atomic mass is 35.5. The van der Waals surface area contributed by atoms with Crippen LogP contribution in [0.15, 0.2) is 48.5 Å². The maximum atomic E-state index is 9.04. The Hall–Kier alpha value is -1.98. The monoisotopic (exact) mass is 257 g/mol. The molecule has 0 aliphatic heterocycles. The van der Waals surface area contributed by atoms with E-state index in [1.807, 2.05) is 37.3 Å². The standard InChI is InChI=1S/C15H12ClNO/c1-11(12-5-3-2-4-6-12)18-15-8-7-14(16)9-13(15)10-17/h2-9,11H,1H3. The van der Waals surface area contributed by atoms with E-state index in [4.69, 9.17) is 21.6 Å². The molecule has 0 aromatic heterocycles. The van der Waals surface area contributed by atoms with Gasteiger partial charge >= 0.3 is 0 Å². The molecule has 0 fully saturated rings. The van der Waals surface area contributed by atoms with Crippen molar-refractivity contribution in [3.05, 3.63) is 64.7 Å². The summed E-state index contributed by atoms with van der Waals surface area (Å²) in [4.78, 5) is 0. The van der Waals surface area contributed by atoms with Crippen LogP contribution in [0.1, 0.15) is 24.2 Å². The van der Waals surface area contributed by atoms with Gasteiger partial charge in [0.25, 0.3) is 0 Å². The Balaban J connectivity index is 2.22. The number of hydrogen-bond acceptors (Lipinski definition) is 2. The van der Waals surface area contributed by atoms with Gasteiger partial charge in [0.2, 0.25) is 0 Å². The molecule has 0 aliphatic rings. The molecule has 0 spiro atoms. The molecule has 1 unspecified atom stereocenters. The Bertz CT molecular complexity index is 575. The molecule has 3 heteroatoms. The first-order chi connectivity index (χ1) is 8.70. The van der Waals surface area contributed by atoms with Crippen LogP contribution in [0.2, 0.25) is 5.02 Å². The lowest BCUT2D eigenvalue weighted by atomic mass is 10.1. The van der Waals surface area contributed by atoms with Crippen LogP contribution in [0.4, 0.5) is 0 Å². The molecule has 2 aromatic rings. The second-order valence-corrected chi connectivity index (χ2v) is 4.36. The number of halogens is 1. The SMILES string of the molecule is CC(Oc1ccc(Cl)cc1C#N)c1ccccc1. The minimum absolute atomic E-state index is 0.112. The van der Waals surface area contributed by atoms with Crippen molar-refractivity contribution in [1.29, 1.82) is 5.26 Å². The van der Waals surface area contributed by atoms with Gasteiger partial charge in [-0.2, -0.15) is 5.26 Å². The fraction of sp³-hybridized carbons (Fsp3) is 0.133. The average molecular weight is 258 g/mol. The molecule has 0 bridgehead atoms. The van der Waals surface area contributed by atoms with Crippen molar-refractivity contribution in [1.82, 2.24) is 0 Å². The van der Waals surface area contributed by atoms with E-state index in [0.29, 0.717) is 16.3 Å². The van der Waals surface area contributed by atoms with E-state index >= 15 is 0 Å². The number of nitriles is 1. The smallest absolute Gasteiger partial charge is 0.138 e. The van der Waals surface area contributed by atoms with E-state index in [1.165, 1.54) is 0 Å². The zero-order valence-electron chi connectivity index (χ0n) is 9.93. The highest BCUT2D eigenvalue weighted by Crippen LogP contribution is 2.27. The molecule has 0 N–H and O–H groups in total. The first-order valence-electron chi connectivity index (χ1n) is 5.62. The van der Waals surface area contributed by atoms with E-state index in [-0.39, 0.29) is 6.10 Å². The van der Waals surface area contributed by atoms with Crippen LogP contribution in [0, 0.1) is 11.3 Å². The van der Waals surface area contributed by atoms with Gasteiger partial charge in [0, 0.05) is 5.02 Å². The van der Waals surface area contributed by atoms with Crippen LogP contribution in [-0.4, -0.2) is 0 Å². The summed E-state index contributed by atoms with van der Waals surface area (Å²) in [6.45, 7) is 1.95. The van der Waals surface area contributed by atoms with Crippen LogP contribution in [0.5, 0.6) is 5.75 Å². The first-order valence-corrected chi connectivity index (χ1v) is 6.00. The third-order valence-corrected chi connectivity index (χ3v) is 2.87. The molecule has 2 aromatic carbocycles. The number of benzene rings is 2. The highest BCUT2D eigenvalue weighted by molar-refractivity contribution is 6.30. The van der Waals surface area contributed by atoms with Crippen LogP contribution in [-0.2, 0) is 0 Å². The molecule has 0 saturated heterocycles. The van der Waals surface area contributed by atoms with Crippen molar-refractivity contribution in [2.45, 2.75) is 13.0 Å². The quantitative estimate of drug-likeness (QED) is 0.819. The summed E-state index contributed by atoms with van der Waals surface area (Å²) >= 11 is 5.84. The molecule has 1 atom stereocenters. The minimum atomic E-state index is -0.112. The maximum absolute atomic E-state index is 9.04. The van der Waals surface area contributed by atoms with Crippen molar-refractivity contribution in [2.75, 3.05) is 0 Å². The van der Waals surface area contributed by atoms with Gasteiger partial charge in [-0.3, -0.25) is 0 Å². The molecule has 2 rings (SSSR count). The van der Waals surface area contributed by atoms with E-state index in [9.17, 15) is 0 Å². The lowest BCUT2D eigenvalue weighted by molar-refractivity contribution is 0.226. The van der Waals surface area contributed by atoms with Gasteiger partial charge in [0.05, 0.1) is 5.56 Å². The number of nitrogens with zero attached hydrogens (tertiary/aromatic N) is 1. The van der Waals surface area contributed by atoms with Gasteiger partial charge in [-0.05, 0) is 30.7 Å². The largest absolute Gasteiger partial charge is 0.485 e. The second-order valence-electron chi connectivity index (χ2n) is 3.92.